The van der Waals surface area contributed by atoms with Crippen LogP contribution in [0.25, 0.3) is 11.0 Å². The molecule has 1 amide bonds. The van der Waals surface area contributed by atoms with Crippen molar-refractivity contribution in [2.45, 2.75) is 0 Å². The zero-order chi connectivity index (χ0) is 15.0. The zero-order valence-electron chi connectivity index (χ0n) is 10.4. The Labute approximate surface area is 127 Å². The van der Waals surface area contributed by atoms with Crippen LogP contribution in [-0.2, 0) is 0 Å². The number of nitrogens with two attached hydrogens (primary N) is 1. The number of carbonyl (C=O) groups is 1. The minimum absolute atomic E-state index is 0.0336. The molecule has 0 saturated carbocycles. The molecule has 21 heavy (non-hydrogen) atoms. The summed E-state index contributed by atoms with van der Waals surface area (Å²) >= 11 is 7.09. The molecule has 0 bridgehead atoms. The summed E-state index contributed by atoms with van der Waals surface area (Å²) in [4.78, 5) is 12.2. The van der Waals surface area contributed by atoms with Gasteiger partial charge in [-0.05, 0) is 30.3 Å². The highest BCUT2D eigenvalue weighted by Gasteiger charge is 2.16. The van der Waals surface area contributed by atoms with E-state index in [1.807, 2.05) is 0 Å². The minimum atomic E-state index is -0.561. The maximum Gasteiger partial charge on any atom is 0.257 e. The number of anilines is 2. The summed E-state index contributed by atoms with van der Waals surface area (Å²) in [6.07, 6.45) is 0. The van der Waals surface area contributed by atoms with Gasteiger partial charge in [-0.2, -0.15) is 8.75 Å². The number of rotatable bonds is 2. The normalized spacial score (nSPS) is 10.8. The van der Waals surface area contributed by atoms with Gasteiger partial charge in [-0.25, -0.2) is 4.39 Å². The predicted molar refractivity (Wildman–Crippen MR) is 81.2 cm³/mol. The number of benzene rings is 2. The summed E-state index contributed by atoms with van der Waals surface area (Å²) in [7, 11) is 0. The first-order valence-corrected chi connectivity index (χ1v) is 6.94. The molecule has 3 aromatic rings. The molecule has 8 heteroatoms. The largest absolute Gasteiger partial charge is 0.398 e. The smallest absolute Gasteiger partial charge is 0.257 e. The van der Waals surface area contributed by atoms with E-state index < -0.39 is 11.7 Å². The maximum atomic E-state index is 13.2. The number of amides is 1. The van der Waals surface area contributed by atoms with Gasteiger partial charge in [0, 0.05) is 5.69 Å². The Balaban J connectivity index is 2.02. The Bertz CT molecular complexity index is 851. The fraction of sp³-hybridized carbons (Fsp3) is 0. The van der Waals surface area contributed by atoms with Gasteiger partial charge in [0.25, 0.3) is 5.91 Å². The molecule has 0 aliphatic heterocycles. The molecule has 0 spiro atoms. The standard InChI is InChI=1S/C13H8ClFN4OS/c14-8-2-4-10-12(19-21-18-10)11(8)17-13(20)7-5-6(15)1-3-9(7)16/h1-5H,16H2,(H,17,20). The number of nitrogens with zero attached hydrogens (tertiary/aromatic N) is 2. The van der Waals surface area contributed by atoms with Crippen LogP contribution in [0.2, 0.25) is 5.02 Å². The van der Waals surface area contributed by atoms with Crippen molar-refractivity contribution in [1.82, 2.24) is 8.75 Å². The van der Waals surface area contributed by atoms with Crippen LogP contribution in [0.4, 0.5) is 15.8 Å². The zero-order valence-corrected chi connectivity index (χ0v) is 12.0. The second-order valence-corrected chi connectivity index (χ2v) is 5.18. The van der Waals surface area contributed by atoms with Crippen molar-refractivity contribution in [2.24, 2.45) is 0 Å². The second-order valence-electron chi connectivity index (χ2n) is 4.24. The van der Waals surface area contributed by atoms with Gasteiger partial charge in [0.05, 0.1) is 28.0 Å². The van der Waals surface area contributed by atoms with Crippen LogP contribution in [0, 0.1) is 5.82 Å². The van der Waals surface area contributed by atoms with E-state index in [1.54, 1.807) is 12.1 Å². The Kier molecular flexibility index (Phi) is 3.44. The first-order chi connectivity index (χ1) is 10.1. The van der Waals surface area contributed by atoms with E-state index in [1.165, 1.54) is 12.1 Å². The van der Waals surface area contributed by atoms with Crippen LogP contribution < -0.4 is 11.1 Å². The molecule has 0 aliphatic carbocycles. The molecule has 0 aliphatic rings. The van der Waals surface area contributed by atoms with Crippen LogP contribution in [0.3, 0.4) is 0 Å². The molecule has 2 aromatic carbocycles. The third-order valence-electron chi connectivity index (χ3n) is 2.88. The topological polar surface area (TPSA) is 80.9 Å². The van der Waals surface area contributed by atoms with E-state index in [0.717, 1.165) is 17.8 Å². The fourth-order valence-electron chi connectivity index (χ4n) is 1.85. The monoisotopic (exact) mass is 322 g/mol. The molecule has 0 fully saturated rings. The lowest BCUT2D eigenvalue weighted by Crippen LogP contribution is -2.15. The van der Waals surface area contributed by atoms with E-state index in [2.05, 4.69) is 14.1 Å². The minimum Gasteiger partial charge on any atom is -0.398 e. The third kappa shape index (κ3) is 2.53. The van der Waals surface area contributed by atoms with Crippen molar-refractivity contribution < 1.29 is 9.18 Å². The highest BCUT2D eigenvalue weighted by Crippen LogP contribution is 2.30. The highest BCUT2D eigenvalue weighted by atomic mass is 35.5. The Morgan fingerprint density at radius 2 is 2.10 bits per heavy atom. The molecule has 5 nitrogen and oxygen atoms in total. The summed E-state index contributed by atoms with van der Waals surface area (Å²) in [6.45, 7) is 0. The number of halogens is 2. The first kappa shape index (κ1) is 13.7. The molecule has 106 valence electrons. The van der Waals surface area contributed by atoms with Crippen molar-refractivity contribution in [3.63, 3.8) is 0 Å². The van der Waals surface area contributed by atoms with Crippen molar-refractivity contribution in [1.29, 1.82) is 0 Å². The van der Waals surface area contributed by atoms with Gasteiger partial charge < -0.3 is 11.1 Å². The average Bonchev–Trinajstić information content (AvgIpc) is 2.93. The van der Waals surface area contributed by atoms with Crippen molar-refractivity contribution in [2.75, 3.05) is 11.1 Å². The summed E-state index contributed by atoms with van der Waals surface area (Å²) < 4.78 is 21.4. The van der Waals surface area contributed by atoms with Gasteiger partial charge in [-0.1, -0.05) is 11.6 Å². The molecule has 0 unspecified atom stereocenters. The SMILES string of the molecule is Nc1ccc(F)cc1C(=O)Nc1c(Cl)ccc2nsnc12. The van der Waals surface area contributed by atoms with Crippen molar-refractivity contribution in [3.8, 4) is 0 Å². The number of nitrogens with one attached hydrogen (secondary N) is 1. The van der Waals surface area contributed by atoms with Crippen LogP contribution in [0.1, 0.15) is 10.4 Å². The number of fused-ring (bicyclic) bond motifs is 1. The third-order valence-corrected chi connectivity index (χ3v) is 3.73. The molecule has 1 heterocycles. The molecular formula is C13H8ClFN4OS. The van der Waals surface area contributed by atoms with E-state index in [4.69, 9.17) is 17.3 Å². The molecular weight excluding hydrogens is 315 g/mol. The van der Waals surface area contributed by atoms with E-state index >= 15 is 0 Å². The summed E-state index contributed by atoms with van der Waals surface area (Å²) in [5.74, 6) is -1.11. The lowest BCUT2D eigenvalue weighted by Gasteiger charge is -2.09. The number of aromatic nitrogens is 2. The van der Waals surface area contributed by atoms with Gasteiger partial charge >= 0.3 is 0 Å². The van der Waals surface area contributed by atoms with Crippen molar-refractivity contribution >= 4 is 51.6 Å². The molecule has 0 atom stereocenters. The van der Waals surface area contributed by atoms with Crippen LogP contribution in [0.15, 0.2) is 30.3 Å². The lowest BCUT2D eigenvalue weighted by molar-refractivity contribution is 0.102. The quantitative estimate of drug-likeness (QED) is 0.709. The fourth-order valence-corrected chi connectivity index (χ4v) is 2.59. The summed E-state index contributed by atoms with van der Waals surface area (Å²) in [5, 5.41) is 2.93. The first-order valence-electron chi connectivity index (χ1n) is 5.83. The molecule has 0 saturated heterocycles. The van der Waals surface area contributed by atoms with E-state index in [9.17, 15) is 9.18 Å². The van der Waals surface area contributed by atoms with Gasteiger partial charge in [0.15, 0.2) is 0 Å². The predicted octanol–water partition coefficient (Wildman–Crippen LogP) is 3.32. The maximum absolute atomic E-state index is 13.2. The van der Waals surface area contributed by atoms with Gasteiger partial charge in [-0.3, -0.25) is 4.79 Å². The molecule has 0 radical (unpaired) electrons. The van der Waals surface area contributed by atoms with E-state index in [-0.39, 0.29) is 11.3 Å². The second kappa shape index (κ2) is 5.27. The van der Waals surface area contributed by atoms with Gasteiger partial charge in [0.2, 0.25) is 0 Å². The van der Waals surface area contributed by atoms with E-state index in [0.29, 0.717) is 21.7 Å². The lowest BCUT2D eigenvalue weighted by atomic mass is 10.1. The molecule has 1 aromatic heterocycles. The van der Waals surface area contributed by atoms with Gasteiger partial charge in [0.1, 0.15) is 16.9 Å². The summed E-state index contributed by atoms with van der Waals surface area (Å²) in [5.41, 5.74) is 7.33. The number of carbonyl (C=O) groups excluding carboxylic acids is 1. The summed E-state index contributed by atoms with van der Waals surface area (Å²) in [6, 6.07) is 6.89. The number of nitrogen functional groups attached to an aromatic ring is 1. The van der Waals surface area contributed by atoms with Crippen molar-refractivity contribution in [3.05, 3.63) is 46.7 Å². The van der Waals surface area contributed by atoms with Crippen LogP contribution in [-0.4, -0.2) is 14.7 Å². The Morgan fingerprint density at radius 3 is 2.90 bits per heavy atom. The highest BCUT2D eigenvalue weighted by molar-refractivity contribution is 7.00. The Morgan fingerprint density at radius 1 is 1.29 bits per heavy atom. The Hall–Kier alpha value is -2.25. The molecule has 3 N–H and O–H groups in total. The van der Waals surface area contributed by atoms with Gasteiger partial charge in [-0.15, -0.1) is 0 Å². The van der Waals surface area contributed by atoms with Crippen LogP contribution >= 0.6 is 23.3 Å². The average molecular weight is 323 g/mol. The number of hydrogen-bond donors (Lipinski definition) is 2. The van der Waals surface area contributed by atoms with Crippen LogP contribution in [0.5, 0.6) is 0 Å². The number of hydrogen-bond acceptors (Lipinski definition) is 5. The molecule has 3 rings (SSSR count).